The van der Waals surface area contributed by atoms with Crippen LogP contribution in [0, 0.1) is 13.8 Å². The molecule has 0 saturated carbocycles. The summed E-state index contributed by atoms with van der Waals surface area (Å²) in [5.74, 6) is 0. The fourth-order valence-electron chi connectivity index (χ4n) is 2.98. The number of fused-ring (bicyclic) bond motifs is 1. The van der Waals surface area contributed by atoms with Crippen molar-refractivity contribution in [3.8, 4) is 5.69 Å². The van der Waals surface area contributed by atoms with Gasteiger partial charge in [-0.2, -0.15) is 0 Å². The van der Waals surface area contributed by atoms with Gasteiger partial charge in [0.25, 0.3) is 5.56 Å². The standard InChI is InChI=1S/C20H20N2O2/c1-4-5-12-21-18-9-7-6-8-16(18)19(23)22(20(21)24)17-11-10-14(2)13-15(17)3/h4-11,13H,12H2,1-3H3/b5-4+. The lowest BCUT2D eigenvalue weighted by molar-refractivity contribution is 0.724. The molecule has 1 heterocycles. The van der Waals surface area contributed by atoms with Crippen LogP contribution >= 0.6 is 0 Å². The number of para-hydroxylation sites is 1. The maximum absolute atomic E-state index is 13.0. The number of aryl methyl sites for hydroxylation is 2. The first-order chi connectivity index (χ1) is 11.5. The van der Waals surface area contributed by atoms with E-state index < -0.39 is 0 Å². The molecule has 0 aliphatic carbocycles. The highest BCUT2D eigenvalue weighted by molar-refractivity contribution is 5.78. The summed E-state index contributed by atoms with van der Waals surface area (Å²) >= 11 is 0. The molecule has 0 aliphatic heterocycles. The van der Waals surface area contributed by atoms with Crippen molar-refractivity contribution in [2.24, 2.45) is 0 Å². The first kappa shape index (κ1) is 16.0. The number of aromatic nitrogens is 2. The topological polar surface area (TPSA) is 44.0 Å². The lowest BCUT2D eigenvalue weighted by Crippen LogP contribution is -2.39. The zero-order valence-electron chi connectivity index (χ0n) is 14.1. The van der Waals surface area contributed by atoms with Crippen molar-refractivity contribution in [1.82, 2.24) is 9.13 Å². The normalized spacial score (nSPS) is 11.5. The molecule has 0 amide bonds. The van der Waals surface area contributed by atoms with Gasteiger partial charge in [0.2, 0.25) is 0 Å². The summed E-state index contributed by atoms with van der Waals surface area (Å²) in [5.41, 5.74) is 2.70. The number of benzene rings is 2. The van der Waals surface area contributed by atoms with Gasteiger partial charge in [0.1, 0.15) is 0 Å². The van der Waals surface area contributed by atoms with Crippen LogP contribution < -0.4 is 11.2 Å². The van der Waals surface area contributed by atoms with E-state index in [1.165, 1.54) is 4.57 Å². The van der Waals surface area contributed by atoms with Crippen molar-refractivity contribution in [1.29, 1.82) is 0 Å². The predicted molar refractivity (Wildman–Crippen MR) is 98.1 cm³/mol. The third-order valence-corrected chi connectivity index (χ3v) is 4.17. The molecule has 0 unspecified atom stereocenters. The van der Waals surface area contributed by atoms with Crippen molar-refractivity contribution < 1.29 is 0 Å². The Kier molecular flexibility index (Phi) is 4.21. The van der Waals surface area contributed by atoms with E-state index in [0.29, 0.717) is 23.1 Å². The van der Waals surface area contributed by atoms with Crippen molar-refractivity contribution in [2.75, 3.05) is 0 Å². The highest BCUT2D eigenvalue weighted by Gasteiger charge is 2.14. The van der Waals surface area contributed by atoms with Crippen molar-refractivity contribution in [3.63, 3.8) is 0 Å². The van der Waals surface area contributed by atoms with Crippen LogP contribution in [0.1, 0.15) is 18.1 Å². The van der Waals surface area contributed by atoms with Gasteiger partial charge in [-0.05, 0) is 44.5 Å². The Hall–Kier alpha value is -2.88. The number of hydrogen-bond acceptors (Lipinski definition) is 2. The van der Waals surface area contributed by atoms with Crippen LogP contribution in [-0.2, 0) is 6.54 Å². The number of rotatable bonds is 3. The van der Waals surface area contributed by atoms with Crippen LogP contribution in [0.15, 0.2) is 64.2 Å². The fraction of sp³-hybridized carbons (Fsp3) is 0.200. The van der Waals surface area contributed by atoms with E-state index in [-0.39, 0.29) is 11.2 Å². The molecular formula is C20H20N2O2. The smallest absolute Gasteiger partial charge is 0.289 e. The summed E-state index contributed by atoms with van der Waals surface area (Å²) in [6.45, 7) is 6.25. The van der Waals surface area contributed by atoms with E-state index in [1.807, 2.05) is 69.3 Å². The molecule has 2 aromatic carbocycles. The Labute approximate surface area is 140 Å². The van der Waals surface area contributed by atoms with Crippen molar-refractivity contribution in [2.45, 2.75) is 27.3 Å². The highest BCUT2D eigenvalue weighted by Crippen LogP contribution is 2.15. The maximum Gasteiger partial charge on any atom is 0.336 e. The molecule has 0 aliphatic rings. The number of nitrogens with zero attached hydrogens (tertiary/aromatic N) is 2. The van der Waals surface area contributed by atoms with Crippen LogP contribution in [0.25, 0.3) is 16.6 Å². The Morgan fingerprint density at radius 3 is 2.50 bits per heavy atom. The first-order valence-electron chi connectivity index (χ1n) is 7.98. The lowest BCUT2D eigenvalue weighted by atomic mass is 10.1. The zero-order valence-corrected chi connectivity index (χ0v) is 14.1. The van der Waals surface area contributed by atoms with Crippen molar-refractivity contribution in [3.05, 3.63) is 86.6 Å². The number of hydrogen-bond donors (Lipinski definition) is 0. The molecular weight excluding hydrogens is 300 g/mol. The predicted octanol–water partition coefficient (Wildman–Crippen LogP) is 3.35. The van der Waals surface area contributed by atoms with Crippen LogP contribution in [0.4, 0.5) is 0 Å². The largest absolute Gasteiger partial charge is 0.336 e. The minimum atomic E-state index is -0.316. The summed E-state index contributed by atoms with van der Waals surface area (Å²) < 4.78 is 2.91. The third-order valence-electron chi connectivity index (χ3n) is 4.17. The number of allylic oxidation sites excluding steroid dienone is 2. The molecule has 4 heteroatoms. The monoisotopic (exact) mass is 320 g/mol. The van der Waals surface area contributed by atoms with Gasteiger partial charge in [0.05, 0.1) is 16.6 Å². The molecule has 0 atom stereocenters. The van der Waals surface area contributed by atoms with Gasteiger partial charge in [-0.3, -0.25) is 9.36 Å². The Balaban J connectivity index is 2.44. The molecule has 0 fully saturated rings. The molecule has 4 nitrogen and oxygen atoms in total. The second-order valence-corrected chi connectivity index (χ2v) is 5.91. The Morgan fingerprint density at radius 2 is 1.79 bits per heavy atom. The van der Waals surface area contributed by atoms with E-state index in [2.05, 4.69) is 0 Å². The summed E-state index contributed by atoms with van der Waals surface area (Å²) in [6, 6.07) is 13.0. The zero-order chi connectivity index (χ0) is 17.3. The quantitative estimate of drug-likeness (QED) is 0.695. The van der Waals surface area contributed by atoms with Crippen LogP contribution in [0.2, 0.25) is 0 Å². The molecule has 0 spiro atoms. The van der Waals surface area contributed by atoms with E-state index in [0.717, 1.165) is 11.1 Å². The van der Waals surface area contributed by atoms with Crippen LogP contribution in [-0.4, -0.2) is 9.13 Å². The summed E-state index contributed by atoms with van der Waals surface area (Å²) in [4.78, 5) is 26.0. The van der Waals surface area contributed by atoms with Crippen LogP contribution in [0.3, 0.4) is 0 Å². The highest BCUT2D eigenvalue weighted by atomic mass is 16.2. The molecule has 24 heavy (non-hydrogen) atoms. The Bertz CT molecular complexity index is 1060. The van der Waals surface area contributed by atoms with Gasteiger partial charge >= 0.3 is 5.69 Å². The molecule has 3 aromatic rings. The average molecular weight is 320 g/mol. The van der Waals surface area contributed by atoms with Gasteiger partial charge in [0, 0.05) is 6.54 Å². The molecule has 0 saturated heterocycles. The molecule has 3 rings (SSSR count). The summed E-state index contributed by atoms with van der Waals surface area (Å²) in [6.07, 6.45) is 3.80. The average Bonchev–Trinajstić information content (AvgIpc) is 2.57. The maximum atomic E-state index is 13.0. The lowest BCUT2D eigenvalue weighted by Gasteiger charge is -2.14. The van der Waals surface area contributed by atoms with Gasteiger partial charge in [-0.25, -0.2) is 9.36 Å². The van der Waals surface area contributed by atoms with E-state index in [1.54, 1.807) is 10.6 Å². The van der Waals surface area contributed by atoms with Gasteiger partial charge in [-0.1, -0.05) is 42.0 Å². The van der Waals surface area contributed by atoms with E-state index in [9.17, 15) is 9.59 Å². The third kappa shape index (κ3) is 2.60. The SMILES string of the molecule is C/C=C/Cn1c(=O)n(-c2ccc(C)cc2C)c(=O)c2ccccc21. The van der Waals surface area contributed by atoms with Crippen LogP contribution in [0.5, 0.6) is 0 Å². The molecule has 0 radical (unpaired) electrons. The van der Waals surface area contributed by atoms with E-state index >= 15 is 0 Å². The molecule has 1 aromatic heterocycles. The van der Waals surface area contributed by atoms with Gasteiger partial charge in [0.15, 0.2) is 0 Å². The second-order valence-electron chi connectivity index (χ2n) is 5.91. The minimum absolute atomic E-state index is 0.278. The molecule has 0 bridgehead atoms. The minimum Gasteiger partial charge on any atom is -0.289 e. The first-order valence-corrected chi connectivity index (χ1v) is 7.98. The fourth-order valence-corrected chi connectivity index (χ4v) is 2.98. The van der Waals surface area contributed by atoms with E-state index in [4.69, 9.17) is 0 Å². The van der Waals surface area contributed by atoms with Gasteiger partial charge in [-0.15, -0.1) is 0 Å². The molecule has 0 N–H and O–H groups in total. The molecule has 122 valence electrons. The second kappa shape index (κ2) is 6.32. The van der Waals surface area contributed by atoms with Crippen molar-refractivity contribution >= 4 is 10.9 Å². The summed E-state index contributed by atoms with van der Waals surface area (Å²) in [7, 11) is 0. The van der Waals surface area contributed by atoms with Gasteiger partial charge < -0.3 is 0 Å². The summed E-state index contributed by atoms with van der Waals surface area (Å²) in [5, 5.41) is 0.543. The Morgan fingerprint density at radius 1 is 1.04 bits per heavy atom.